The fourth-order valence-electron chi connectivity index (χ4n) is 2.94. The van der Waals surface area contributed by atoms with Gasteiger partial charge in [0, 0.05) is 0 Å². The van der Waals surface area contributed by atoms with Crippen LogP contribution in [0.4, 0.5) is 0 Å². The van der Waals surface area contributed by atoms with Crippen molar-refractivity contribution in [1.82, 2.24) is 0 Å². The van der Waals surface area contributed by atoms with Crippen LogP contribution in [0.5, 0.6) is 0 Å². The third-order valence-corrected chi connectivity index (χ3v) is 4.69. The molecule has 3 atom stereocenters. The van der Waals surface area contributed by atoms with Crippen molar-refractivity contribution >= 4 is 22.4 Å². The van der Waals surface area contributed by atoms with Crippen LogP contribution in [0.2, 0.25) is 0 Å². The molecule has 6 heteroatoms. The summed E-state index contributed by atoms with van der Waals surface area (Å²) in [6.07, 6.45) is 5.01. The molecule has 0 aliphatic heterocycles. The Morgan fingerprint density at radius 1 is 1.05 bits per heavy atom. The first-order valence-corrected chi connectivity index (χ1v) is 8.29. The van der Waals surface area contributed by atoms with E-state index in [0.717, 1.165) is 32.1 Å². The van der Waals surface area contributed by atoms with Crippen molar-refractivity contribution in [2.75, 3.05) is 0 Å². The molecule has 0 saturated heterocycles. The fourth-order valence-corrected chi connectivity index (χ4v) is 2.94. The van der Waals surface area contributed by atoms with Crippen LogP contribution < -0.4 is 0 Å². The van der Waals surface area contributed by atoms with Gasteiger partial charge in [-0.15, -0.1) is 0 Å². The first-order chi connectivity index (χ1) is 9.80. The van der Waals surface area contributed by atoms with E-state index in [9.17, 15) is 0 Å². The van der Waals surface area contributed by atoms with Gasteiger partial charge in [-0.2, -0.15) is 0 Å². The van der Waals surface area contributed by atoms with Crippen LogP contribution in [-0.2, 0) is 14.0 Å². The molecule has 120 valence electrons. The molecule has 3 nitrogen and oxygen atoms in total. The Balaban J connectivity index is 4.78. The van der Waals surface area contributed by atoms with E-state index in [2.05, 4.69) is 48.9 Å². The molecule has 3 unspecified atom stereocenters. The average molecular weight is 294 g/mol. The van der Waals surface area contributed by atoms with E-state index in [1.807, 2.05) is 0 Å². The summed E-state index contributed by atoms with van der Waals surface area (Å²) in [6, 6.07) is 0. The van der Waals surface area contributed by atoms with E-state index < -0.39 is 0 Å². The quantitative estimate of drug-likeness (QED) is 0.517. The number of rotatable bonds is 12. The molecular weight excluding hydrogens is 261 g/mol. The van der Waals surface area contributed by atoms with Gasteiger partial charge in [0.2, 0.25) is 0 Å². The van der Waals surface area contributed by atoms with Crippen LogP contribution in [0, 0.1) is 0 Å². The molecule has 0 saturated carbocycles. The van der Waals surface area contributed by atoms with Crippen molar-refractivity contribution < 1.29 is 14.0 Å². The van der Waals surface area contributed by atoms with Gasteiger partial charge in [0.1, 0.15) is 0 Å². The topological polar surface area (TPSA) is 27.7 Å². The zero-order chi connectivity index (χ0) is 16.5. The zero-order valence-electron chi connectivity index (χ0n) is 15.2. The first kappa shape index (κ1) is 20.9. The Bertz CT molecular complexity index is 292. The third kappa shape index (κ3) is 7.14. The van der Waals surface area contributed by atoms with Gasteiger partial charge in [0.15, 0.2) is 0 Å². The van der Waals surface area contributed by atoms with Crippen molar-refractivity contribution in [2.45, 2.75) is 97.1 Å². The van der Waals surface area contributed by atoms with Gasteiger partial charge in [-0.25, -0.2) is 0 Å². The predicted octanol–water partition coefficient (Wildman–Crippen LogP) is 2.30. The standard InChI is InChI=1S/C15H33B3O3/c1-7-14(6,21-17)10-12(4)19-15(8-2,9-3)11-13(5)20-18-16/h12-13,16H,7-11,17H2,1-6H3. The molecule has 0 rings (SSSR count). The van der Waals surface area contributed by atoms with Crippen LogP contribution in [0.15, 0.2) is 0 Å². The molecule has 0 amide bonds. The van der Waals surface area contributed by atoms with Crippen LogP contribution in [-0.4, -0.2) is 45.8 Å². The summed E-state index contributed by atoms with van der Waals surface area (Å²) in [5.74, 6) is 0. The summed E-state index contributed by atoms with van der Waals surface area (Å²) in [6.45, 7) is 12.9. The minimum atomic E-state index is -0.135. The summed E-state index contributed by atoms with van der Waals surface area (Å²) in [5, 5.41) is 0. The van der Waals surface area contributed by atoms with Crippen molar-refractivity contribution in [3.8, 4) is 0 Å². The normalized spacial score (nSPS) is 17.6. The SMILES string of the molecule is B=BOC(C)CC(CC)(CC)OC(C)CC(C)(CC)OB. The van der Waals surface area contributed by atoms with E-state index in [4.69, 9.17) is 14.0 Å². The van der Waals surface area contributed by atoms with Gasteiger partial charge in [-0.3, -0.25) is 0 Å². The number of hydrogen-bond acceptors (Lipinski definition) is 3. The van der Waals surface area contributed by atoms with Gasteiger partial charge in [-0.1, -0.05) is 0 Å². The Hall–Kier alpha value is -0.0852. The van der Waals surface area contributed by atoms with Gasteiger partial charge in [0.05, 0.1) is 0 Å². The van der Waals surface area contributed by atoms with E-state index in [0.29, 0.717) is 0 Å². The maximum atomic E-state index is 6.46. The van der Waals surface area contributed by atoms with Crippen LogP contribution in [0.25, 0.3) is 0 Å². The Kier molecular flexibility index (Phi) is 9.80. The van der Waals surface area contributed by atoms with Crippen LogP contribution in [0.3, 0.4) is 0 Å². The fraction of sp³-hybridized carbons (Fsp3) is 1.00. The molecule has 0 bridgehead atoms. The van der Waals surface area contributed by atoms with Gasteiger partial charge < -0.3 is 0 Å². The molecule has 0 aliphatic rings. The molecule has 0 aromatic heterocycles. The molecular formula is C15H33B3O3. The van der Waals surface area contributed by atoms with Crippen LogP contribution in [0.1, 0.15) is 73.6 Å². The predicted molar refractivity (Wildman–Crippen MR) is 94.9 cm³/mol. The third-order valence-electron chi connectivity index (χ3n) is 4.69. The summed E-state index contributed by atoms with van der Waals surface area (Å²) >= 11 is 0. The summed E-state index contributed by atoms with van der Waals surface area (Å²) < 4.78 is 17.6. The Morgan fingerprint density at radius 2 is 1.62 bits per heavy atom. The molecule has 0 heterocycles. The summed E-state index contributed by atoms with van der Waals surface area (Å²) in [7, 11) is 6.93. The first-order valence-electron chi connectivity index (χ1n) is 8.29. The summed E-state index contributed by atoms with van der Waals surface area (Å²) in [4.78, 5) is 0. The molecule has 0 aromatic carbocycles. The van der Waals surface area contributed by atoms with E-state index in [-0.39, 0.29) is 23.4 Å². The average Bonchev–Trinajstić information content (AvgIpc) is 2.46. The van der Waals surface area contributed by atoms with Crippen molar-refractivity contribution in [3.63, 3.8) is 0 Å². The Labute approximate surface area is 134 Å². The molecule has 0 aliphatic carbocycles. The van der Waals surface area contributed by atoms with Gasteiger partial charge >= 0.3 is 134 Å². The van der Waals surface area contributed by atoms with Crippen molar-refractivity contribution in [2.24, 2.45) is 0 Å². The second-order valence-electron chi connectivity index (χ2n) is 6.35. The minimum absolute atomic E-state index is 0.115. The molecule has 0 N–H and O–H groups in total. The summed E-state index contributed by atoms with van der Waals surface area (Å²) in [5.41, 5.74) is -0.250. The molecule has 0 radical (unpaired) electrons. The molecule has 0 fully saturated rings. The van der Waals surface area contributed by atoms with Crippen molar-refractivity contribution in [1.29, 1.82) is 0 Å². The monoisotopic (exact) mass is 294 g/mol. The van der Waals surface area contributed by atoms with Gasteiger partial charge in [0.25, 0.3) is 0 Å². The number of hydrogen-bond donors (Lipinski definition) is 0. The number of ether oxygens (including phenoxy) is 1. The van der Waals surface area contributed by atoms with Crippen molar-refractivity contribution in [3.05, 3.63) is 0 Å². The Morgan fingerprint density at radius 3 is 2.00 bits per heavy atom. The molecule has 0 spiro atoms. The second-order valence-corrected chi connectivity index (χ2v) is 6.35. The second kappa shape index (κ2) is 9.84. The van der Waals surface area contributed by atoms with E-state index >= 15 is 0 Å². The zero-order valence-corrected chi connectivity index (χ0v) is 15.2. The van der Waals surface area contributed by atoms with E-state index in [1.165, 1.54) is 7.00 Å². The molecule has 0 aromatic rings. The molecule has 21 heavy (non-hydrogen) atoms. The van der Waals surface area contributed by atoms with Crippen LogP contribution >= 0.6 is 0 Å². The maximum absolute atomic E-state index is 6.46. The van der Waals surface area contributed by atoms with E-state index in [1.54, 1.807) is 8.05 Å². The van der Waals surface area contributed by atoms with Gasteiger partial charge in [-0.05, 0) is 0 Å².